The number of hydrogen-bond acceptors (Lipinski definition) is 5. The average molecular weight is 397 g/mol. The van der Waals surface area contributed by atoms with Crippen LogP contribution < -0.4 is 5.56 Å². The van der Waals surface area contributed by atoms with Gasteiger partial charge in [0.2, 0.25) is 5.78 Å². The highest BCUT2D eigenvalue weighted by molar-refractivity contribution is 5.79. The van der Waals surface area contributed by atoms with Gasteiger partial charge in [-0.15, -0.1) is 0 Å². The summed E-state index contributed by atoms with van der Waals surface area (Å²) in [6.45, 7) is 7.29. The van der Waals surface area contributed by atoms with E-state index in [1.165, 1.54) is 0 Å². The van der Waals surface area contributed by atoms with E-state index in [9.17, 15) is 9.59 Å². The Morgan fingerprint density at radius 3 is 2.62 bits per heavy atom. The third kappa shape index (κ3) is 4.12. The minimum Gasteiger partial charge on any atom is -0.450 e. The number of carbonyl (C=O) groups is 1. The van der Waals surface area contributed by atoms with Crippen LogP contribution in [0.15, 0.2) is 41.5 Å². The maximum atomic E-state index is 12.6. The van der Waals surface area contributed by atoms with E-state index in [0.717, 1.165) is 57.6 Å². The molecule has 154 valence electrons. The SMILES string of the molecule is CCOC(=O)N1CCN(CCCCn2ccn3c(=O)c4ccccc4nc23)CC1. The second kappa shape index (κ2) is 8.65. The Morgan fingerprint density at radius 2 is 1.83 bits per heavy atom. The van der Waals surface area contributed by atoms with E-state index < -0.39 is 0 Å². The van der Waals surface area contributed by atoms with Gasteiger partial charge in [-0.05, 0) is 38.4 Å². The molecule has 0 unspecified atom stereocenters. The first kappa shape index (κ1) is 19.4. The number of aryl methyl sites for hydroxylation is 1. The molecule has 0 radical (unpaired) electrons. The molecule has 0 spiro atoms. The van der Waals surface area contributed by atoms with Crippen LogP contribution in [0.4, 0.5) is 4.79 Å². The van der Waals surface area contributed by atoms with Crippen molar-refractivity contribution >= 4 is 22.8 Å². The van der Waals surface area contributed by atoms with E-state index in [2.05, 4.69) is 9.88 Å². The van der Waals surface area contributed by atoms with Crippen LogP contribution >= 0.6 is 0 Å². The van der Waals surface area contributed by atoms with E-state index in [1.807, 2.05) is 42.0 Å². The van der Waals surface area contributed by atoms with E-state index in [0.29, 0.717) is 17.8 Å². The van der Waals surface area contributed by atoms with Crippen LogP contribution in [0.5, 0.6) is 0 Å². The smallest absolute Gasteiger partial charge is 0.409 e. The Bertz CT molecular complexity index is 1050. The fourth-order valence-corrected chi connectivity index (χ4v) is 3.85. The van der Waals surface area contributed by atoms with Gasteiger partial charge in [-0.2, -0.15) is 0 Å². The molecule has 1 aliphatic rings. The summed E-state index contributed by atoms with van der Waals surface area (Å²) in [5.74, 6) is 0.691. The predicted octanol–water partition coefficient (Wildman–Crippen LogP) is 2.20. The van der Waals surface area contributed by atoms with Crippen molar-refractivity contribution in [1.82, 2.24) is 23.8 Å². The monoisotopic (exact) mass is 397 g/mol. The zero-order valence-corrected chi connectivity index (χ0v) is 16.8. The average Bonchev–Trinajstić information content (AvgIpc) is 3.15. The Labute approximate surface area is 169 Å². The summed E-state index contributed by atoms with van der Waals surface area (Å²) in [7, 11) is 0. The van der Waals surface area contributed by atoms with E-state index in [4.69, 9.17) is 4.74 Å². The lowest BCUT2D eigenvalue weighted by Crippen LogP contribution is -2.49. The topological polar surface area (TPSA) is 72.1 Å². The maximum Gasteiger partial charge on any atom is 0.409 e. The Hall–Kier alpha value is -2.87. The normalized spacial score (nSPS) is 15.3. The number of fused-ring (bicyclic) bond motifs is 2. The molecule has 8 heteroatoms. The molecule has 1 saturated heterocycles. The Balaban J connectivity index is 1.30. The van der Waals surface area contributed by atoms with Crippen LogP contribution in [0.3, 0.4) is 0 Å². The largest absolute Gasteiger partial charge is 0.450 e. The second-order valence-electron chi connectivity index (χ2n) is 7.33. The number of amides is 1. The number of aromatic nitrogens is 3. The molecule has 0 N–H and O–H groups in total. The minimum absolute atomic E-state index is 0.0242. The highest BCUT2D eigenvalue weighted by Gasteiger charge is 2.21. The van der Waals surface area contributed by atoms with Crippen LogP contribution in [0.25, 0.3) is 16.7 Å². The summed E-state index contributed by atoms with van der Waals surface area (Å²) >= 11 is 0. The molecule has 1 aliphatic heterocycles. The Kier molecular flexibility index (Phi) is 5.80. The third-order valence-electron chi connectivity index (χ3n) is 5.46. The first-order valence-corrected chi connectivity index (χ1v) is 10.3. The predicted molar refractivity (Wildman–Crippen MR) is 111 cm³/mol. The second-order valence-corrected chi connectivity index (χ2v) is 7.33. The van der Waals surface area contributed by atoms with Gasteiger partial charge in [0.1, 0.15) is 0 Å². The van der Waals surface area contributed by atoms with Crippen molar-refractivity contribution < 1.29 is 9.53 Å². The van der Waals surface area contributed by atoms with Crippen molar-refractivity contribution in [1.29, 1.82) is 0 Å². The molecule has 0 atom stereocenters. The van der Waals surface area contributed by atoms with Crippen LogP contribution in [0.2, 0.25) is 0 Å². The number of rotatable bonds is 6. The minimum atomic E-state index is -0.207. The lowest BCUT2D eigenvalue weighted by Gasteiger charge is -2.34. The first-order valence-electron chi connectivity index (χ1n) is 10.3. The Morgan fingerprint density at radius 1 is 1.07 bits per heavy atom. The number of nitrogens with zero attached hydrogens (tertiary/aromatic N) is 5. The van der Waals surface area contributed by atoms with Gasteiger partial charge >= 0.3 is 6.09 Å². The molecule has 0 bridgehead atoms. The van der Waals surface area contributed by atoms with Crippen molar-refractivity contribution in [3.05, 3.63) is 47.0 Å². The first-order chi connectivity index (χ1) is 14.2. The van der Waals surface area contributed by atoms with Gasteiger partial charge in [-0.3, -0.25) is 14.1 Å². The van der Waals surface area contributed by atoms with Gasteiger partial charge in [0.05, 0.1) is 17.5 Å². The van der Waals surface area contributed by atoms with Crippen molar-refractivity contribution in [2.75, 3.05) is 39.3 Å². The standard InChI is InChI=1S/C21H27N5O3/c1-2-29-21(28)25-13-11-23(12-14-25)9-5-6-10-24-15-16-26-19(27)17-7-3-4-8-18(17)22-20(24)26/h3-4,7-8,15-16H,2,5-6,9-14H2,1H3. The highest BCUT2D eigenvalue weighted by atomic mass is 16.6. The summed E-state index contributed by atoms with van der Waals surface area (Å²) in [4.78, 5) is 33.2. The molecule has 0 saturated carbocycles. The van der Waals surface area contributed by atoms with E-state index in [1.54, 1.807) is 15.5 Å². The number of para-hydroxylation sites is 1. The molecule has 2 aromatic heterocycles. The number of piperazine rings is 1. The number of imidazole rings is 1. The lowest BCUT2D eigenvalue weighted by atomic mass is 10.2. The van der Waals surface area contributed by atoms with Crippen molar-refractivity contribution in [3.63, 3.8) is 0 Å². The van der Waals surface area contributed by atoms with Crippen molar-refractivity contribution in [3.8, 4) is 0 Å². The number of carbonyl (C=O) groups excluding carboxylic acids is 1. The maximum absolute atomic E-state index is 12.6. The number of hydrogen-bond donors (Lipinski definition) is 0. The fraction of sp³-hybridized carbons (Fsp3) is 0.476. The molecule has 1 fully saturated rings. The lowest BCUT2D eigenvalue weighted by molar-refractivity contribution is 0.0792. The summed E-state index contributed by atoms with van der Waals surface area (Å²) in [5.41, 5.74) is 0.709. The quantitative estimate of drug-likeness (QED) is 0.597. The molecule has 8 nitrogen and oxygen atoms in total. The zero-order chi connectivity index (χ0) is 20.2. The summed E-state index contributed by atoms with van der Waals surface area (Å²) < 4.78 is 8.73. The number of ether oxygens (including phenoxy) is 1. The van der Waals surface area contributed by atoms with Gasteiger partial charge in [0, 0.05) is 45.1 Å². The molecule has 29 heavy (non-hydrogen) atoms. The van der Waals surface area contributed by atoms with Crippen molar-refractivity contribution in [2.45, 2.75) is 26.3 Å². The third-order valence-corrected chi connectivity index (χ3v) is 5.46. The summed E-state index contributed by atoms with van der Waals surface area (Å²) in [6.07, 6.45) is 5.58. The fourth-order valence-electron chi connectivity index (χ4n) is 3.85. The van der Waals surface area contributed by atoms with Gasteiger partial charge in [0.15, 0.2) is 0 Å². The molecular formula is C21H27N5O3. The van der Waals surface area contributed by atoms with Crippen molar-refractivity contribution in [2.24, 2.45) is 0 Å². The molecule has 3 heterocycles. The number of unbranched alkanes of at least 4 members (excludes halogenated alkanes) is 1. The van der Waals surface area contributed by atoms with Crippen LogP contribution in [-0.2, 0) is 11.3 Å². The highest BCUT2D eigenvalue weighted by Crippen LogP contribution is 2.11. The summed E-state index contributed by atoms with van der Waals surface area (Å²) in [6, 6.07) is 7.46. The molecule has 0 aliphatic carbocycles. The van der Waals surface area contributed by atoms with Gasteiger partial charge in [-0.1, -0.05) is 12.1 Å². The van der Waals surface area contributed by atoms with Gasteiger partial charge < -0.3 is 14.2 Å². The number of benzene rings is 1. The van der Waals surface area contributed by atoms with Crippen LogP contribution in [0, 0.1) is 0 Å². The molecule has 4 rings (SSSR count). The van der Waals surface area contributed by atoms with E-state index >= 15 is 0 Å². The summed E-state index contributed by atoms with van der Waals surface area (Å²) in [5, 5.41) is 0.643. The molecule has 1 aromatic carbocycles. The zero-order valence-electron chi connectivity index (χ0n) is 16.8. The van der Waals surface area contributed by atoms with Gasteiger partial charge in [0.25, 0.3) is 5.56 Å². The van der Waals surface area contributed by atoms with Crippen LogP contribution in [0.1, 0.15) is 19.8 Å². The molecular weight excluding hydrogens is 370 g/mol. The van der Waals surface area contributed by atoms with Gasteiger partial charge in [-0.25, -0.2) is 9.78 Å². The molecule has 3 aromatic rings. The van der Waals surface area contributed by atoms with Crippen LogP contribution in [-0.4, -0.2) is 69.2 Å². The van der Waals surface area contributed by atoms with E-state index in [-0.39, 0.29) is 11.7 Å². The molecule has 1 amide bonds.